The molecule has 92 valence electrons. The molecule has 0 aliphatic carbocycles. The van der Waals surface area contributed by atoms with Gasteiger partial charge in [-0.2, -0.15) is 4.98 Å². The summed E-state index contributed by atoms with van der Waals surface area (Å²) in [4.78, 5) is 11.7. The van der Waals surface area contributed by atoms with Crippen molar-refractivity contribution in [1.82, 2.24) is 15.0 Å². The number of rotatable bonds is 3. The first-order valence-corrected chi connectivity index (χ1v) is 5.16. The van der Waals surface area contributed by atoms with Gasteiger partial charge in [0.1, 0.15) is 5.69 Å². The Balaban J connectivity index is 2.24. The summed E-state index contributed by atoms with van der Waals surface area (Å²) in [5, 5.41) is 11.8. The van der Waals surface area contributed by atoms with Crippen molar-refractivity contribution in [2.45, 2.75) is 0 Å². The Labute approximate surface area is 107 Å². The number of hydrogen-bond donors (Lipinski definition) is 2. The molecule has 2 aromatic rings. The first-order chi connectivity index (χ1) is 8.69. The van der Waals surface area contributed by atoms with Crippen molar-refractivity contribution < 1.29 is 9.94 Å². The summed E-state index contributed by atoms with van der Waals surface area (Å²) in [6, 6.07) is 3.09. The normalized spacial score (nSPS) is 11.3. The molecule has 0 aromatic carbocycles. The molecule has 2 rings (SSSR count). The zero-order valence-electron chi connectivity index (χ0n) is 8.99. The van der Waals surface area contributed by atoms with Gasteiger partial charge in [0.2, 0.25) is 0 Å². The second kappa shape index (κ2) is 5.28. The van der Waals surface area contributed by atoms with E-state index >= 15 is 0 Å². The number of amidine groups is 1. The molecule has 0 bridgehead atoms. The molecule has 2 heterocycles. The van der Waals surface area contributed by atoms with E-state index in [1.807, 2.05) is 0 Å². The van der Waals surface area contributed by atoms with Gasteiger partial charge in [0, 0.05) is 18.5 Å². The maximum Gasteiger partial charge on any atom is 0.322 e. The summed E-state index contributed by atoms with van der Waals surface area (Å²) < 4.78 is 5.33. The summed E-state index contributed by atoms with van der Waals surface area (Å²) in [5.41, 5.74) is 5.65. The molecule has 0 aliphatic heterocycles. The predicted octanol–water partition coefficient (Wildman–Crippen LogP) is 1.41. The zero-order chi connectivity index (χ0) is 13.0. The van der Waals surface area contributed by atoms with Crippen molar-refractivity contribution in [2.75, 3.05) is 0 Å². The van der Waals surface area contributed by atoms with E-state index in [0.29, 0.717) is 10.8 Å². The number of ether oxygens (including phenoxy) is 1. The second-order valence-corrected chi connectivity index (χ2v) is 3.59. The van der Waals surface area contributed by atoms with E-state index in [0.717, 1.165) is 0 Å². The van der Waals surface area contributed by atoms with Crippen LogP contribution in [0.15, 0.2) is 35.9 Å². The average Bonchev–Trinajstić information content (AvgIpc) is 2.38. The smallest absolute Gasteiger partial charge is 0.322 e. The van der Waals surface area contributed by atoms with E-state index in [-0.39, 0.29) is 17.5 Å². The molecular weight excluding hydrogens is 258 g/mol. The second-order valence-electron chi connectivity index (χ2n) is 3.15. The molecule has 0 radical (unpaired) electrons. The van der Waals surface area contributed by atoms with Gasteiger partial charge in [-0.1, -0.05) is 16.8 Å². The van der Waals surface area contributed by atoms with Crippen LogP contribution in [0.25, 0.3) is 0 Å². The van der Waals surface area contributed by atoms with Crippen LogP contribution in [0.3, 0.4) is 0 Å². The van der Waals surface area contributed by atoms with Crippen LogP contribution in [0, 0.1) is 0 Å². The van der Waals surface area contributed by atoms with Gasteiger partial charge in [0.25, 0.3) is 0 Å². The minimum absolute atomic E-state index is 0.0446. The summed E-state index contributed by atoms with van der Waals surface area (Å²) in [6.07, 6.45) is 4.36. The first kappa shape index (κ1) is 12.1. The van der Waals surface area contributed by atoms with Crippen LogP contribution in [-0.2, 0) is 0 Å². The van der Waals surface area contributed by atoms with Crippen molar-refractivity contribution in [3.63, 3.8) is 0 Å². The van der Waals surface area contributed by atoms with Crippen LogP contribution < -0.4 is 10.5 Å². The van der Waals surface area contributed by atoms with Gasteiger partial charge in [-0.05, 0) is 6.07 Å². The molecule has 0 aliphatic rings. The first-order valence-electron chi connectivity index (χ1n) is 4.78. The lowest BCUT2D eigenvalue weighted by molar-refractivity contribution is 0.318. The van der Waals surface area contributed by atoms with Crippen molar-refractivity contribution in [3.8, 4) is 11.8 Å². The molecule has 0 atom stereocenters. The maximum absolute atomic E-state index is 8.54. The third kappa shape index (κ3) is 2.83. The maximum atomic E-state index is 8.54. The van der Waals surface area contributed by atoms with Crippen molar-refractivity contribution in [1.29, 1.82) is 0 Å². The number of hydrogen-bond acceptors (Lipinski definition) is 6. The number of pyridine rings is 1. The number of aromatic nitrogens is 3. The van der Waals surface area contributed by atoms with E-state index < -0.39 is 0 Å². The Bertz CT molecular complexity index is 590. The van der Waals surface area contributed by atoms with Crippen molar-refractivity contribution >= 4 is 17.4 Å². The number of nitrogens with zero attached hydrogens (tertiary/aromatic N) is 4. The molecule has 7 nitrogen and oxygen atoms in total. The van der Waals surface area contributed by atoms with Gasteiger partial charge in [0.05, 0.1) is 11.2 Å². The van der Waals surface area contributed by atoms with Crippen LogP contribution >= 0.6 is 11.6 Å². The summed E-state index contributed by atoms with van der Waals surface area (Å²) in [5.74, 6) is 0.255. The fourth-order valence-corrected chi connectivity index (χ4v) is 1.30. The average molecular weight is 266 g/mol. The highest BCUT2D eigenvalue weighted by molar-refractivity contribution is 6.30. The number of nitrogens with two attached hydrogens (primary N) is 1. The van der Waals surface area contributed by atoms with Gasteiger partial charge in [-0.15, -0.1) is 0 Å². The van der Waals surface area contributed by atoms with Crippen LogP contribution in [0.5, 0.6) is 11.8 Å². The summed E-state index contributed by atoms with van der Waals surface area (Å²) in [6.45, 7) is 0. The molecule has 18 heavy (non-hydrogen) atoms. The highest BCUT2D eigenvalue weighted by Gasteiger charge is 2.06. The lowest BCUT2D eigenvalue weighted by Gasteiger charge is -2.04. The quantitative estimate of drug-likeness (QED) is 0.376. The van der Waals surface area contributed by atoms with E-state index in [2.05, 4.69) is 20.1 Å². The highest BCUT2D eigenvalue weighted by atomic mass is 35.5. The Kier molecular flexibility index (Phi) is 3.54. The number of oxime groups is 1. The molecule has 0 saturated carbocycles. The van der Waals surface area contributed by atoms with Gasteiger partial charge >= 0.3 is 6.01 Å². The molecule has 8 heteroatoms. The summed E-state index contributed by atoms with van der Waals surface area (Å²) in [7, 11) is 0. The van der Waals surface area contributed by atoms with Gasteiger partial charge in [0.15, 0.2) is 11.6 Å². The Morgan fingerprint density at radius 1 is 1.44 bits per heavy atom. The molecular formula is C10H8ClN5O2. The fraction of sp³-hybridized carbons (Fsp3) is 0. The highest BCUT2D eigenvalue weighted by Crippen LogP contribution is 2.19. The molecule has 0 fully saturated rings. The topological polar surface area (TPSA) is 107 Å². The largest absolute Gasteiger partial charge is 0.423 e. The Morgan fingerprint density at radius 2 is 2.28 bits per heavy atom. The van der Waals surface area contributed by atoms with Crippen LogP contribution in [0.1, 0.15) is 5.69 Å². The molecule has 2 aromatic heterocycles. The van der Waals surface area contributed by atoms with Crippen molar-refractivity contribution in [3.05, 3.63) is 41.4 Å². The van der Waals surface area contributed by atoms with Gasteiger partial charge in [-0.25, -0.2) is 4.98 Å². The standard InChI is InChI=1S/C10H8ClN5O2/c11-6-3-7(5-13-4-6)18-10-14-2-1-8(15-10)9(12)16-17/h1-5,17H,(H2,12,16). The summed E-state index contributed by atoms with van der Waals surface area (Å²) >= 11 is 5.76. The van der Waals surface area contributed by atoms with E-state index in [1.165, 1.54) is 24.7 Å². The van der Waals surface area contributed by atoms with Crippen LogP contribution in [-0.4, -0.2) is 26.0 Å². The van der Waals surface area contributed by atoms with E-state index in [9.17, 15) is 0 Å². The van der Waals surface area contributed by atoms with Crippen LogP contribution in [0.4, 0.5) is 0 Å². The van der Waals surface area contributed by atoms with E-state index in [1.54, 1.807) is 6.07 Å². The zero-order valence-corrected chi connectivity index (χ0v) is 9.74. The van der Waals surface area contributed by atoms with Crippen LogP contribution in [0.2, 0.25) is 5.02 Å². The Morgan fingerprint density at radius 3 is 3.00 bits per heavy atom. The minimum atomic E-state index is -0.133. The molecule has 0 unspecified atom stereocenters. The minimum Gasteiger partial charge on any atom is -0.423 e. The lowest BCUT2D eigenvalue weighted by atomic mass is 10.4. The predicted molar refractivity (Wildman–Crippen MR) is 63.9 cm³/mol. The van der Waals surface area contributed by atoms with Crippen molar-refractivity contribution in [2.24, 2.45) is 10.9 Å². The molecule has 0 spiro atoms. The van der Waals surface area contributed by atoms with Gasteiger partial charge < -0.3 is 15.7 Å². The van der Waals surface area contributed by atoms with Gasteiger partial charge in [-0.3, -0.25) is 4.98 Å². The fourth-order valence-electron chi connectivity index (χ4n) is 1.14. The lowest BCUT2D eigenvalue weighted by Crippen LogP contribution is -2.15. The molecule has 0 amide bonds. The SMILES string of the molecule is N/C(=N/O)c1ccnc(Oc2cncc(Cl)c2)n1. The Hall–Kier alpha value is -2.41. The molecule has 0 saturated heterocycles. The third-order valence-electron chi connectivity index (χ3n) is 1.89. The number of halogens is 1. The third-order valence-corrected chi connectivity index (χ3v) is 2.10. The molecule has 3 N–H and O–H groups in total. The monoisotopic (exact) mass is 265 g/mol. The van der Waals surface area contributed by atoms with E-state index in [4.69, 9.17) is 27.3 Å².